The van der Waals surface area contributed by atoms with Crippen LogP contribution in [0.25, 0.3) is 11.4 Å². The van der Waals surface area contributed by atoms with Crippen LogP contribution in [-0.2, 0) is 9.84 Å². The average Bonchev–Trinajstić information content (AvgIpc) is 3.09. The summed E-state index contributed by atoms with van der Waals surface area (Å²) in [6.07, 6.45) is 4.77. The monoisotopic (exact) mass is 366 g/mol. The van der Waals surface area contributed by atoms with Crippen LogP contribution in [0.1, 0.15) is 18.9 Å². The number of ether oxygens (including phenoxy) is 3. The first-order chi connectivity index (χ1) is 12.0. The number of aromatic nitrogens is 2. The first-order valence-electron chi connectivity index (χ1n) is 8.03. The van der Waals surface area contributed by atoms with E-state index < -0.39 is 9.84 Å². The lowest BCUT2D eigenvalue weighted by atomic mass is 10.1. The van der Waals surface area contributed by atoms with E-state index in [4.69, 9.17) is 14.2 Å². The van der Waals surface area contributed by atoms with Crippen molar-refractivity contribution in [2.24, 2.45) is 0 Å². The van der Waals surface area contributed by atoms with Crippen LogP contribution in [0, 0.1) is 0 Å². The Kier molecular flexibility index (Phi) is 4.89. The minimum absolute atomic E-state index is 0.0961. The molecule has 8 heteroatoms. The Morgan fingerprint density at radius 1 is 1.04 bits per heavy atom. The summed E-state index contributed by atoms with van der Waals surface area (Å²) >= 11 is 0. The largest absolute Gasteiger partial charge is 0.493 e. The zero-order valence-electron chi connectivity index (χ0n) is 14.6. The highest BCUT2D eigenvalue weighted by molar-refractivity contribution is 7.91. The van der Waals surface area contributed by atoms with Gasteiger partial charge >= 0.3 is 0 Å². The van der Waals surface area contributed by atoms with Gasteiger partial charge in [0.15, 0.2) is 11.5 Å². The van der Waals surface area contributed by atoms with Gasteiger partial charge in [-0.2, -0.15) is 0 Å². The molecular formula is C17H22N2O5S. The van der Waals surface area contributed by atoms with Gasteiger partial charge < -0.3 is 18.8 Å². The van der Waals surface area contributed by atoms with Gasteiger partial charge in [0.05, 0.1) is 38.4 Å². The third-order valence-corrected chi connectivity index (χ3v) is 6.25. The van der Waals surface area contributed by atoms with Crippen molar-refractivity contribution < 1.29 is 22.6 Å². The first kappa shape index (κ1) is 17.6. The molecular weight excluding hydrogens is 344 g/mol. The van der Waals surface area contributed by atoms with Gasteiger partial charge in [-0.1, -0.05) is 0 Å². The number of methoxy groups -OCH3 is 3. The predicted molar refractivity (Wildman–Crippen MR) is 94.2 cm³/mol. The molecule has 2 heterocycles. The lowest BCUT2D eigenvalue weighted by Crippen LogP contribution is -2.25. The van der Waals surface area contributed by atoms with Gasteiger partial charge in [-0.05, 0) is 25.0 Å². The van der Waals surface area contributed by atoms with E-state index >= 15 is 0 Å². The Balaban J connectivity index is 2.03. The zero-order valence-corrected chi connectivity index (χ0v) is 15.4. The Labute approximate surface area is 147 Å². The number of imidazole rings is 1. The molecule has 136 valence electrons. The minimum Gasteiger partial charge on any atom is -0.493 e. The SMILES string of the molecule is COc1ccc(-c2nccn2C2CCS(=O)(=O)CC2)c(OC)c1OC. The normalized spacial score (nSPS) is 17.2. The molecule has 1 aromatic heterocycles. The topological polar surface area (TPSA) is 79.7 Å². The fourth-order valence-electron chi connectivity index (χ4n) is 3.25. The Bertz CT molecular complexity index is 846. The van der Waals surface area contributed by atoms with Crippen LogP contribution >= 0.6 is 0 Å². The molecule has 3 rings (SSSR count). The lowest BCUT2D eigenvalue weighted by Gasteiger charge is -2.25. The van der Waals surface area contributed by atoms with Crippen LogP contribution in [0.3, 0.4) is 0 Å². The lowest BCUT2D eigenvalue weighted by molar-refractivity contribution is 0.325. The molecule has 1 saturated heterocycles. The molecule has 2 aromatic rings. The molecule has 25 heavy (non-hydrogen) atoms. The highest BCUT2D eigenvalue weighted by Crippen LogP contribution is 2.44. The quantitative estimate of drug-likeness (QED) is 0.808. The van der Waals surface area contributed by atoms with Gasteiger partial charge in [0.2, 0.25) is 5.75 Å². The maximum absolute atomic E-state index is 11.7. The third-order valence-electron chi connectivity index (χ3n) is 4.53. The molecule has 0 atom stereocenters. The summed E-state index contributed by atoms with van der Waals surface area (Å²) < 4.78 is 41.7. The van der Waals surface area contributed by atoms with E-state index in [0.29, 0.717) is 30.1 Å². The van der Waals surface area contributed by atoms with E-state index in [2.05, 4.69) is 4.98 Å². The average molecular weight is 366 g/mol. The van der Waals surface area contributed by atoms with Gasteiger partial charge in [-0.3, -0.25) is 0 Å². The molecule has 1 aromatic carbocycles. The van der Waals surface area contributed by atoms with E-state index in [-0.39, 0.29) is 17.5 Å². The zero-order chi connectivity index (χ0) is 18.0. The second kappa shape index (κ2) is 6.95. The molecule has 0 saturated carbocycles. The predicted octanol–water partition coefficient (Wildman–Crippen LogP) is 2.33. The number of hydrogen-bond donors (Lipinski definition) is 0. The summed E-state index contributed by atoms with van der Waals surface area (Å²) in [6, 6.07) is 3.78. The molecule has 0 N–H and O–H groups in total. The number of nitrogens with zero attached hydrogens (tertiary/aromatic N) is 2. The third kappa shape index (κ3) is 3.30. The van der Waals surface area contributed by atoms with Crippen LogP contribution in [0.15, 0.2) is 24.5 Å². The van der Waals surface area contributed by atoms with E-state index in [0.717, 1.165) is 11.4 Å². The fourth-order valence-corrected chi connectivity index (χ4v) is 4.72. The van der Waals surface area contributed by atoms with Crippen LogP contribution in [0.2, 0.25) is 0 Å². The molecule has 0 unspecified atom stereocenters. The summed E-state index contributed by atoms with van der Waals surface area (Å²) in [5, 5.41) is 0. The van der Waals surface area contributed by atoms with Crippen molar-refractivity contribution in [3.63, 3.8) is 0 Å². The number of sulfone groups is 1. The smallest absolute Gasteiger partial charge is 0.204 e. The summed E-state index contributed by atoms with van der Waals surface area (Å²) in [5.74, 6) is 2.75. The fraction of sp³-hybridized carbons (Fsp3) is 0.471. The molecule has 0 spiro atoms. The molecule has 7 nitrogen and oxygen atoms in total. The number of rotatable bonds is 5. The minimum atomic E-state index is -2.91. The standard InChI is InChI=1S/C17H22N2O5S/c1-22-14-5-4-13(15(23-2)16(14)24-3)17-18-8-9-19(17)12-6-10-25(20,21)11-7-12/h4-5,8-9,12H,6-7,10-11H2,1-3H3. The summed E-state index contributed by atoms with van der Waals surface area (Å²) in [5.41, 5.74) is 0.776. The van der Waals surface area contributed by atoms with Crippen LogP contribution in [0.5, 0.6) is 17.2 Å². The van der Waals surface area contributed by atoms with Gasteiger partial charge in [-0.15, -0.1) is 0 Å². The number of hydrogen-bond acceptors (Lipinski definition) is 6. The van der Waals surface area contributed by atoms with Crippen molar-refractivity contribution >= 4 is 9.84 Å². The summed E-state index contributed by atoms with van der Waals surface area (Å²) in [6.45, 7) is 0. The molecule has 0 amide bonds. The Morgan fingerprint density at radius 3 is 2.32 bits per heavy atom. The van der Waals surface area contributed by atoms with Gasteiger partial charge in [0, 0.05) is 18.4 Å². The second-order valence-electron chi connectivity index (χ2n) is 5.92. The Morgan fingerprint density at radius 2 is 1.72 bits per heavy atom. The van der Waals surface area contributed by atoms with Crippen molar-refractivity contribution in [3.05, 3.63) is 24.5 Å². The summed E-state index contributed by atoms with van der Waals surface area (Å²) in [7, 11) is 1.79. The van der Waals surface area contributed by atoms with E-state index in [1.165, 1.54) is 0 Å². The maximum Gasteiger partial charge on any atom is 0.204 e. The van der Waals surface area contributed by atoms with E-state index in [9.17, 15) is 8.42 Å². The van der Waals surface area contributed by atoms with Crippen molar-refractivity contribution in [1.82, 2.24) is 9.55 Å². The molecule has 0 bridgehead atoms. The highest BCUT2D eigenvalue weighted by Gasteiger charge is 2.27. The molecule has 0 radical (unpaired) electrons. The van der Waals surface area contributed by atoms with E-state index in [1.807, 2.05) is 16.8 Å². The number of benzene rings is 1. The second-order valence-corrected chi connectivity index (χ2v) is 8.23. The summed E-state index contributed by atoms with van der Waals surface area (Å²) in [4.78, 5) is 4.47. The van der Waals surface area contributed by atoms with Crippen molar-refractivity contribution in [3.8, 4) is 28.6 Å². The van der Waals surface area contributed by atoms with Gasteiger partial charge in [0.25, 0.3) is 0 Å². The van der Waals surface area contributed by atoms with Crippen molar-refractivity contribution in [2.45, 2.75) is 18.9 Å². The molecule has 1 aliphatic rings. The molecule has 0 aliphatic carbocycles. The van der Waals surface area contributed by atoms with Crippen molar-refractivity contribution in [1.29, 1.82) is 0 Å². The van der Waals surface area contributed by atoms with Gasteiger partial charge in [-0.25, -0.2) is 13.4 Å². The Hall–Kier alpha value is -2.22. The first-order valence-corrected chi connectivity index (χ1v) is 9.85. The molecule has 1 fully saturated rings. The maximum atomic E-state index is 11.7. The van der Waals surface area contributed by atoms with Crippen LogP contribution in [0.4, 0.5) is 0 Å². The van der Waals surface area contributed by atoms with Crippen molar-refractivity contribution in [2.75, 3.05) is 32.8 Å². The van der Waals surface area contributed by atoms with Crippen LogP contribution < -0.4 is 14.2 Å². The van der Waals surface area contributed by atoms with Gasteiger partial charge in [0.1, 0.15) is 15.7 Å². The van der Waals surface area contributed by atoms with E-state index in [1.54, 1.807) is 33.6 Å². The van der Waals surface area contributed by atoms with Crippen LogP contribution in [-0.4, -0.2) is 50.8 Å². The highest BCUT2D eigenvalue weighted by atomic mass is 32.2. The molecule has 1 aliphatic heterocycles.